The van der Waals surface area contributed by atoms with E-state index in [-0.39, 0.29) is 23.5 Å². The van der Waals surface area contributed by atoms with Gasteiger partial charge in [0.2, 0.25) is 11.8 Å². The fraction of sp³-hybridized carbons (Fsp3) is 0.235. The zero-order valence-electron chi connectivity index (χ0n) is 25.0. The molecular formula is C34H33BrF3N3O4S. The molecule has 0 heterocycles. The number of hydrogen-bond acceptors (Lipinski definition) is 4. The van der Waals surface area contributed by atoms with E-state index >= 15 is 0 Å². The Morgan fingerprint density at radius 1 is 0.848 bits per heavy atom. The van der Waals surface area contributed by atoms with Crippen molar-refractivity contribution < 1.29 is 31.2 Å². The average molecular weight is 717 g/mol. The van der Waals surface area contributed by atoms with Gasteiger partial charge in [-0.15, -0.1) is 0 Å². The molecule has 0 bridgehead atoms. The lowest BCUT2D eigenvalue weighted by molar-refractivity contribution is -0.140. The molecule has 46 heavy (non-hydrogen) atoms. The molecule has 242 valence electrons. The third kappa shape index (κ3) is 8.97. The fourth-order valence-corrected chi connectivity index (χ4v) is 6.71. The molecule has 1 N–H and O–H groups in total. The van der Waals surface area contributed by atoms with Crippen LogP contribution in [-0.4, -0.2) is 44.3 Å². The summed E-state index contributed by atoms with van der Waals surface area (Å²) < 4.78 is 70.5. The summed E-state index contributed by atoms with van der Waals surface area (Å²) in [4.78, 5) is 29.1. The second kappa shape index (κ2) is 15.4. The van der Waals surface area contributed by atoms with E-state index < -0.39 is 46.2 Å². The van der Waals surface area contributed by atoms with Crippen LogP contribution in [-0.2, 0) is 38.8 Å². The molecule has 0 spiro atoms. The van der Waals surface area contributed by atoms with Gasteiger partial charge in [-0.3, -0.25) is 13.9 Å². The minimum absolute atomic E-state index is 0.0723. The lowest BCUT2D eigenvalue weighted by Gasteiger charge is -2.34. The van der Waals surface area contributed by atoms with Crippen LogP contribution in [0.15, 0.2) is 119 Å². The van der Waals surface area contributed by atoms with Crippen LogP contribution in [0.3, 0.4) is 0 Å². The maximum atomic E-state index is 14.4. The van der Waals surface area contributed by atoms with Crippen molar-refractivity contribution in [1.82, 2.24) is 10.2 Å². The van der Waals surface area contributed by atoms with E-state index in [1.807, 2.05) is 25.1 Å². The first-order valence-corrected chi connectivity index (χ1v) is 16.7. The van der Waals surface area contributed by atoms with E-state index in [2.05, 4.69) is 21.2 Å². The van der Waals surface area contributed by atoms with Crippen molar-refractivity contribution >= 4 is 43.5 Å². The van der Waals surface area contributed by atoms with E-state index in [1.54, 1.807) is 42.5 Å². The van der Waals surface area contributed by atoms with Crippen molar-refractivity contribution in [3.05, 3.63) is 130 Å². The number of sulfonamides is 1. The number of carbonyl (C=O) groups is 2. The number of nitrogens with one attached hydrogen (secondary N) is 1. The van der Waals surface area contributed by atoms with Crippen molar-refractivity contribution in [2.75, 3.05) is 17.4 Å². The summed E-state index contributed by atoms with van der Waals surface area (Å²) in [6.07, 6.45) is -4.00. The molecule has 1 atom stereocenters. The van der Waals surface area contributed by atoms with E-state index in [1.165, 1.54) is 35.2 Å². The van der Waals surface area contributed by atoms with Crippen LogP contribution in [0.2, 0.25) is 0 Å². The summed E-state index contributed by atoms with van der Waals surface area (Å²) in [6, 6.07) is 26.1. The maximum Gasteiger partial charge on any atom is 0.416 e. The number of amides is 2. The van der Waals surface area contributed by atoms with Crippen molar-refractivity contribution in [3.8, 4) is 0 Å². The summed E-state index contributed by atoms with van der Waals surface area (Å²) in [5, 5.41) is 2.85. The predicted molar refractivity (Wildman–Crippen MR) is 174 cm³/mol. The van der Waals surface area contributed by atoms with Crippen LogP contribution in [0.25, 0.3) is 0 Å². The fourth-order valence-electron chi connectivity index (χ4n) is 4.84. The van der Waals surface area contributed by atoms with Gasteiger partial charge in [-0.2, -0.15) is 13.2 Å². The van der Waals surface area contributed by atoms with Gasteiger partial charge < -0.3 is 10.2 Å². The van der Waals surface area contributed by atoms with Gasteiger partial charge in [0.25, 0.3) is 10.0 Å². The topological polar surface area (TPSA) is 86.8 Å². The average Bonchev–Trinajstić information content (AvgIpc) is 3.04. The van der Waals surface area contributed by atoms with E-state index in [0.29, 0.717) is 28.9 Å². The lowest BCUT2D eigenvalue weighted by Crippen LogP contribution is -2.53. The van der Waals surface area contributed by atoms with Gasteiger partial charge in [-0.1, -0.05) is 89.6 Å². The van der Waals surface area contributed by atoms with Crippen molar-refractivity contribution in [2.24, 2.45) is 0 Å². The Bertz CT molecular complexity index is 1740. The Morgan fingerprint density at radius 3 is 2.11 bits per heavy atom. The largest absolute Gasteiger partial charge is 0.416 e. The smallest absolute Gasteiger partial charge is 0.354 e. The van der Waals surface area contributed by atoms with Crippen LogP contribution >= 0.6 is 15.9 Å². The number of anilines is 1. The Kier molecular flexibility index (Phi) is 11.6. The first kappa shape index (κ1) is 34.7. The molecule has 7 nitrogen and oxygen atoms in total. The number of hydrogen-bond donors (Lipinski definition) is 1. The van der Waals surface area contributed by atoms with Gasteiger partial charge in [-0.05, 0) is 60.0 Å². The van der Waals surface area contributed by atoms with Crippen LogP contribution in [0.1, 0.15) is 30.0 Å². The van der Waals surface area contributed by atoms with Crippen molar-refractivity contribution in [1.29, 1.82) is 0 Å². The molecule has 0 aliphatic carbocycles. The highest BCUT2D eigenvalue weighted by Crippen LogP contribution is 2.33. The molecule has 0 radical (unpaired) electrons. The molecule has 1 unspecified atom stereocenters. The van der Waals surface area contributed by atoms with E-state index in [9.17, 15) is 31.2 Å². The van der Waals surface area contributed by atoms with E-state index in [0.717, 1.165) is 22.2 Å². The van der Waals surface area contributed by atoms with Crippen LogP contribution in [0, 0.1) is 0 Å². The van der Waals surface area contributed by atoms with Gasteiger partial charge >= 0.3 is 6.18 Å². The van der Waals surface area contributed by atoms with Crippen molar-refractivity contribution in [3.63, 3.8) is 0 Å². The monoisotopic (exact) mass is 715 g/mol. The zero-order valence-corrected chi connectivity index (χ0v) is 27.4. The molecule has 2 amide bonds. The van der Waals surface area contributed by atoms with E-state index in [4.69, 9.17) is 0 Å². The SMILES string of the molecule is CCCNC(=O)C(Cc1ccccc1)N(Cc1cccc(Br)c1)C(=O)CN(c1cccc(C(F)(F)F)c1)S(=O)(=O)c1ccccc1. The highest BCUT2D eigenvalue weighted by molar-refractivity contribution is 9.10. The van der Waals surface area contributed by atoms with Gasteiger partial charge in [-0.25, -0.2) is 8.42 Å². The second-order valence-corrected chi connectivity index (χ2v) is 13.3. The molecule has 0 fully saturated rings. The molecule has 0 aromatic heterocycles. The number of benzene rings is 4. The van der Waals surface area contributed by atoms with Gasteiger partial charge in [0.15, 0.2) is 0 Å². The molecule has 0 aliphatic rings. The summed E-state index contributed by atoms with van der Waals surface area (Å²) in [5.74, 6) is -1.21. The minimum atomic E-state index is -4.76. The van der Waals surface area contributed by atoms with Crippen LogP contribution in [0.4, 0.5) is 18.9 Å². The third-order valence-corrected chi connectivity index (χ3v) is 9.42. The molecular weight excluding hydrogens is 683 g/mol. The van der Waals surface area contributed by atoms with Crippen molar-refractivity contribution in [2.45, 2.75) is 43.4 Å². The molecule has 0 saturated carbocycles. The third-order valence-electron chi connectivity index (χ3n) is 7.13. The Morgan fingerprint density at radius 2 is 1.48 bits per heavy atom. The van der Waals surface area contributed by atoms with Gasteiger partial charge in [0, 0.05) is 24.0 Å². The van der Waals surface area contributed by atoms with Crippen LogP contribution < -0.4 is 9.62 Å². The Balaban J connectivity index is 1.83. The molecule has 0 aliphatic heterocycles. The number of rotatable bonds is 13. The highest BCUT2D eigenvalue weighted by Gasteiger charge is 2.36. The normalized spacial score (nSPS) is 12.3. The summed E-state index contributed by atoms with van der Waals surface area (Å²) in [5.41, 5.74) is 0.000485. The summed E-state index contributed by atoms with van der Waals surface area (Å²) >= 11 is 3.43. The van der Waals surface area contributed by atoms with Gasteiger partial charge in [0.1, 0.15) is 12.6 Å². The lowest BCUT2D eigenvalue weighted by atomic mass is 10.0. The molecule has 12 heteroatoms. The predicted octanol–water partition coefficient (Wildman–Crippen LogP) is 6.83. The number of halogens is 4. The minimum Gasteiger partial charge on any atom is -0.354 e. The molecule has 4 rings (SSSR count). The Labute approximate surface area is 275 Å². The first-order chi connectivity index (χ1) is 21.9. The maximum absolute atomic E-state index is 14.4. The summed E-state index contributed by atoms with van der Waals surface area (Å²) in [7, 11) is -4.53. The number of carbonyl (C=O) groups excluding carboxylic acids is 2. The number of nitrogens with zero attached hydrogens (tertiary/aromatic N) is 2. The molecule has 4 aromatic rings. The highest BCUT2D eigenvalue weighted by atomic mass is 79.9. The quantitative estimate of drug-likeness (QED) is 0.165. The number of alkyl halides is 3. The Hall–Kier alpha value is -4.16. The first-order valence-electron chi connectivity index (χ1n) is 14.5. The molecule has 4 aromatic carbocycles. The zero-order chi connectivity index (χ0) is 33.3. The summed E-state index contributed by atoms with van der Waals surface area (Å²) in [6.45, 7) is 1.30. The van der Waals surface area contributed by atoms with Gasteiger partial charge in [0.05, 0.1) is 16.1 Å². The molecule has 0 saturated heterocycles. The standard InChI is InChI=1S/C34H33BrF3N3O4S/c1-2-19-39-33(43)31(21-25-11-5-3-6-12-25)40(23-26-13-9-15-28(35)20-26)32(42)24-41(46(44,45)30-17-7-4-8-18-30)29-16-10-14-27(22-29)34(36,37)38/h3-18,20,22,31H,2,19,21,23-24H2,1H3,(H,39,43). The van der Waals surface area contributed by atoms with Crippen LogP contribution in [0.5, 0.6) is 0 Å². The second-order valence-electron chi connectivity index (χ2n) is 10.5.